The van der Waals surface area contributed by atoms with Crippen LogP contribution in [0.4, 0.5) is 5.69 Å². The lowest BCUT2D eigenvalue weighted by Gasteiger charge is -2.38. The van der Waals surface area contributed by atoms with Crippen molar-refractivity contribution in [1.82, 2.24) is 9.80 Å². The summed E-state index contributed by atoms with van der Waals surface area (Å²) in [4.78, 5) is 41.8. The van der Waals surface area contributed by atoms with Gasteiger partial charge in [0.2, 0.25) is 5.91 Å². The van der Waals surface area contributed by atoms with Gasteiger partial charge in [0, 0.05) is 31.5 Å². The van der Waals surface area contributed by atoms with E-state index in [1.165, 1.54) is 0 Å². The van der Waals surface area contributed by atoms with Gasteiger partial charge in [-0.15, -0.1) is 0 Å². The van der Waals surface area contributed by atoms with Gasteiger partial charge in [0.05, 0.1) is 29.5 Å². The van der Waals surface area contributed by atoms with Crippen LogP contribution in [0.2, 0.25) is 0 Å². The van der Waals surface area contributed by atoms with Crippen LogP contribution in [0.3, 0.4) is 0 Å². The van der Waals surface area contributed by atoms with Gasteiger partial charge in [-0.3, -0.25) is 14.5 Å². The minimum atomic E-state index is -0.960. The quantitative estimate of drug-likeness (QED) is 0.426. The summed E-state index contributed by atoms with van der Waals surface area (Å²) in [6.45, 7) is 5.20. The molecule has 1 heterocycles. The molecule has 9 nitrogen and oxygen atoms in total. The standard InChI is InChI=1S/C31H41N3O6/c1-20-16-34(21(2)19-35)30(37)25-10-7-11-26(32-29(36)23-8-5-4-6-9-23)28(25)40-27(20)18-33(3)17-22-12-14-24(15-13-22)31(38)39/h7,10-15,20-21,23,27,35H,4-6,8-9,16-19H2,1-3H3,(H,32,36)(H,38,39)/t20-,21-,27-/m1/s1. The Kier molecular flexibility index (Phi) is 9.81. The number of ether oxygens (including phenoxy) is 1. The number of carboxylic acids is 1. The highest BCUT2D eigenvalue weighted by Crippen LogP contribution is 2.36. The highest BCUT2D eigenvalue weighted by Gasteiger charge is 2.35. The number of anilines is 1. The first-order chi connectivity index (χ1) is 19.2. The average Bonchev–Trinajstić information content (AvgIpc) is 2.95. The van der Waals surface area contributed by atoms with E-state index in [9.17, 15) is 24.6 Å². The van der Waals surface area contributed by atoms with Crippen LogP contribution in [0, 0.1) is 11.8 Å². The Morgan fingerprint density at radius 3 is 2.48 bits per heavy atom. The summed E-state index contributed by atoms with van der Waals surface area (Å²) in [7, 11) is 1.97. The molecule has 2 aromatic rings. The maximum absolute atomic E-state index is 13.7. The molecule has 2 aliphatic rings. The number of fused-ring (bicyclic) bond motifs is 1. The fourth-order valence-corrected chi connectivity index (χ4v) is 5.60. The summed E-state index contributed by atoms with van der Waals surface area (Å²) in [5.41, 5.74) is 2.07. The topological polar surface area (TPSA) is 119 Å². The number of aliphatic hydroxyl groups is 1. The second kappa shape index (κ2) is 13.3. The number of hydrogen-bond donors (Lipinski definition) is 3. The van der Waals surface area contributed by atoms with Gasteiger partial charge < -0.3 is 25.2 Å². The van der Waals surface area contributed by atoms with E-state index in [-0.39, 0.29) is 48.0 Å². The third kappa shape index (κ3) is 7.01. The summed E-state index contributed by atoms with van der Waals surface area (Å²) in [6, 6.07) is 11.7. The van der Waals surface area contributed by atoms with Gasteiger partial charge in [-0.25, -0.2) is 4.79 Å². The van der Waals surface area contributed by atoms with Crippen molar-refractivity contribution in [3.63, 3.8) is 0 Å². The van der Waals surface area contributed by atoms with Crippen molar-refractivity contribution in [1.29, 1.82) is 0 Å². The van der Waals surface area contributed by atoms with Gasteiger partial charge in [-0.2, -0.15) is 0 Å². The summed E-state index contributed by atoms with van der Waals surface area (Å²) in [6.07, 6.45) is 4.63. The van der Waals surface area contributed by atoms with E-state index >= 15 is 0 Å². The van der Waals surface area contributed by atoms with E-state index in [0.29, 0.717) is 36.6 Å². The molecule has 0 saturated heterocycles. The number of carbonyl (C=O) groups is 3. The van der Waals surface area contributed by atoms with Crippen molar-refractivity contribution in [2.24, 2.45) is 11.8 Å². The Balaban J connectivity index is 1.60. The molecule has 0 aromatic heterocycles. The van der Waals surface area contributed by atoms with E-state index < -0.39 is 5.97 Å². The molecular weight excluding hydrogens is 510 g/mol. The molecule has 216 valence electrons. The number of carboxylic acid groups (broad SMARTS) is 1. The molecule has 0 unspecified atom stereocenters. The number of benzene rings is 2. The zero-order valence-electron chi connectivity index (χ0n) is 23.6. The number of para-hydroxylation sites is 1. The van der Waals surface area contributed by atoms with Crippen molar-refractivity contribution >= 4 is 23.5 Å². The third-order valence-electron chi connectivity index (χ3n) is 8.07. The first-order valence-electron chi connectivity index (χ1n) is 14.2. The van der Waals surface area contributed by atoms with Gasteiger partial charge in [0.1, 0.15) is 6.10 Å². The number of rotatable bonds is 9. The normalized spacial score (nSPS) is 20.7. The lowest BCUT2D eigenvalue weighted by molar-refractivity contribution is -0.120. The molecule has 0 radical (unpaired) electrons. The number of amides is 2. The first kappa shape index (κ1) is 29.6. The average molecular weight is 552 g/mol. The Morgan fingerprint density at radius 1 is 1.12 bits per heavy atom. The second-order valence-corrected chi connectivity index (χ2v) is 11.3. The Labute approximate surface area is 236 Å². The summed E-state index contributed by atoms with van der Waals surface area (Å²) >= 11 is 0. The number of likely N-dealkylation sites (N-methyl/N-ethyl adjacent to an activating group) is 1. The molecule has 3 atom stereocenters. The van der Waals surface area contributed by atoms with Crippen LogP contribution in [-0.4, -0.2) is 76.7 Å². The van der Waals surface area contributed by atoms with Gasteiger partial charge in [-0.05, 0) is 56.6 Å². The van der Waals surface area contributed by atoms with E-state index in [4.69, 9.17) is 4.74 Å². The van der Waals surface area contributed by atoms with Gasteiger partial charge in [0.25, 0.3) is 5.91 Å². The Morgan fingerprint density at radius 2 is 1.82 bits per heavy atom. The van der Waals surface area contributed by atoms with Crippen LogP contribution in [0.15, 0.2) is 42.5 Å². The van der Waals surface area contributed by atoms with E-state index in [0.717, 1.165) is 37.7 Å². The van der Waals surface area contributed by atoms with E-state index in [1.54, 1.807) is 47.4 Å². The first-order valence-corrected chi connectivity index (χ1v) is 14.2. The molecule has 2 aromatic carbocycles. The largest absolute Gasteiger partial charge is 0.486 e. The Hall–Kier alpha value is -3.43. The maximum atomic E-state index is 13.7. The van der Waals surface area contributed by atoms with Gasteiger partial charge in [0.15, 0.2) is 5.75 Å². The number of aliphatic hydroxyl groups excluding tert-OH is 1. The smallest absolute Gasteiger partial charge is 0.335 e. The molecule has 40 heavy (non-hydrogen) atoms. The summed E-state index contributed by atoms with van der Waals surface area (Å²) in [5, 5.41) is 22.2. The highest BCUT2D eigenvalue weighted by molar-refractivity contribution is 6.02. The molecule has 2 amide bonds. The lowest BCUT2D eigenvalue weighted by atomic mass is 9.88. The van der Waals surface area contributed by atoms with Gasteiger partial charge >= 0.3 is 5.97 Å². The van der Waals surface area contributed by atoms with Gasteiger partial charge in [-0.1, -0.05) is 44.4 Å². The van der Waals surface area contributed by atoms with Crippen molar-refractivity contribution < 1.29 is 29.3 Å². The van der Waals surface area contributed by atoms with Crippen molar-refractivity contribution in [2.75, 3.05) is 32.1 Å². The predicted molar refractivity (Wildman–Crippen MR) is 153 cm³/mol. The van der Waals surface area contributed by atoms with Crippen molar-refractivity contribution in [2.45, 2.75) is 64.6 Å². The van der Waals surface area contributed by atoms with Crippen LogP contribution in [0.25, 0.3) is 0 Å². The third-order valence-corrected chi connectivity index (χ3v) is 8.07. The molecule has 1 aliphatic heterocycles. The van der Waals surface area contributed by atoms with Crippen LogP contribution in [-0.2, 0) is 11.3 Å². The molecule has 1 aliphatic carbocycles. The second-order valence-electron chi connectivity index (χ2n) is 11.3. The van der Waals surface area contributed by atoms with Crippen molar-refractivity contribution in [3.8, 4) is 5.75 Å². The molecule has 3 N–H and O–H groups in total. The summed E-state index contributed by atoms with van der Waals surface area (Å²) in [5.74, 6) is -1.00. The van der Waals surface area contributed by atoms with Crippen LogP contribution < -0.4 is 10.1 Å². The minimum absolute atomic E-state index is 0.0432. The molecule has 0 spiro atoms. The van der Waals surface area contributed by atoms with Crippen molar-refractivity contribution in [3.05, 3.63) is 59.2 Å². The minimum Gasteiger partial charge on any atom is -0.486 e. The molecular formula is C31H41N3O6. The highest BCUT2D eigenvalue weighted by atomic mass is 16.5. The maximum Gasteiger partial charge on any atom is 0.335 e. The Bertz CT molecular complexity index is 1190. The number of aromatic carboxylic acids is 1. The summed E-state index contributed by atoms with van der Waals surface area (Å²) < 4.78 is 6.62. The van der Waals surface area contributed by atoms with Crippen LogP contribution in [0.5, 0.6) is 5.75 Å². The molecule has 9 heteroatoms. The lowest BCUT2D eigenvalue weighted by Crippen LogP contribution is -2.49. The zero-order chi connectivity index (χ0) is 28.8. The number of carbonyl (C=O) groups excluding carboxylic acids is 2. The van der Waals surface area contributed by atoms with Crippen LogP contribution in [0.1, 0.15) is 72.2 Å². The zero-order valence-corrected chi connectivity index (χ0v) is 23.6. The fourth-order valence-electron chi connectivity index (χ4n) is 5.60. The number of nitrogens with one attached hydrogen (secondary N) is 1. The molecule has 0 bridgehead atoms. The SMILES string of the molecule is C[C@@H]1CN([C@H](C)CO)C(=O)c2cccc(NC(=O)C3CCCCC3)c2O[C@@H]1CN(C)Cc1ccc(C(=O)O)cc1. The van der Waals surface area contributed by atoms with E-state index in [2.05, 4.69) is 10.2 Å². The van der Waals surface area contributed by atoms with Crippen LogP contribution >= 0.6 is 0 Å². The number of hydrogen-bond acceptors (Lipinski definition) is 6. The predicted octanol–water partition coefficient (Wildman–Crippen LogP) is 4.26. The monoisotopic (exact) mass is 551 g/mol. The van der Waals surface area contributed by atoms with E-state index in [1.807, 2.05) is 20.9 Å². The molecule has 4 rings (SSSR count). The number of nitrogens with zero attached hydrogens (tertiary/aromatic N) is 2. The molecule has 1 saturated carbocycles. The molecule has 1 fully saturated rings. The fraction of sp³-hybridized carbons (Fsp3) is 0.516.